The lowest BCUT2D eigenvalue weighted by molar-refractivity contribution is 0.408. The van der Waals surface area contributed by atoms with E-state index in [1.54, 1.807) is 26.3 Å². The minimum atomic E-state index is -3.59. The summed E-state index contributed by atoms with van der Waals surface area (Å²) in [5.41, 5.74) is 0.828. The summed E-state index contributed by atoms with van der Waals surface area (Å²) in [6.45, 7) is 0.232. The van der Waals surface area contributed by atoms with E-state index in [1.807, 2.05) is 12.1 Å². The van der Waals surface area contributed by atoms with Gasteiger partial charge in [-0.05, 0) is 73.8 Å². The Bertz CT molecular complexity index is 799. The van der Waals surface area contributed by atoms with Gasteiger partial charge in [-0.25, -0.2) is 8.42 Å². The third-order valence-electron chi connectivity index (χ3n) is 3.44. The Morgan fingerprint density at radius 2 is 1.54 bits per heavy atom. The van der Waals surface area contributed by atoms with Gasteiger partial charge in [0, 0.05) is 13.6 Å². The number of benzene rings is 2. The normalized spacial score (nSPS) is 11.6. The van der Waals surface area contributed by atoms with Gasteiger partial charge in [-0.1, -0.05) is 0 Å². The summed E-state index contributed by atoms with van der Waals surface area (Å²) in [5.74, 6) is 1.28. The molecule has 0 heterocycles. The van der Waals surface area contributed by atoms with Gasteiger partial charge in [0.15, 0.2) is 0 Å². The molecule has 0 amide bonds. The van der Waals surface area contributed by atoms with Gasteiger partial charge in [0.25, 0.3) is 0 Å². The van der Waals surface area contributed by atoms with E-state index in [2.05, 4.69) is 31.9 Å². The van der Waals surface area contributed by atoms with Crippen molar-refractivity contribution in [1.29, 1.82) is 0 Å². The fourth-order valence-electron chi connectivity index (χ4n) is 2.17. The van der Waals surface area contributed by atoms with Gasteiger partial charge in [-0.2, -0.15) is 4.31 Å². The Balaban J connectivity index is 2.26. The average molecular weight is 479 g/mol. The molecular weight excluding hydrogens is 462 g/mol. The first-order chi connectivity index (χ1) is 11.3. The first-order valence-corrected chi connectivity index (χ1v) is 9.94. The predicted octanol–water partition coefficient (Wildman–Crippen LogP) is 4.05. The van der Waals surface area contributed by atoms with Gasteiger partial charge in [0.2, 0.25) is 10.0 Å². The molecule has 0 saturated heterocycles. The van der Waals surface area contributed by atoms with Crippen molar-refractivity contribution in [2.45, 2.75) is 11.4 Å². The summed E-state index contributed by atoms with van der Waals surface area (Å²) < 4.78 is 38.5. The van der Waals surface area contributed by atoms with Crippen LogP contribution in [0.3, 0.4) is 0 Å². The fraction of sp³-hybridized carbons (Fsp3) is 0.250. The van der Waals surface area contributed by atoms with Gasteiger partial charge in [0.05, 0.1) is 28.1 Å². The Kier molecular flexibility index (Phi) is 6.30. The zero-order valence-electron chi connectivity index (χ0n) is 13.4. The number of rotatable bonds is 6. The standard InChI is InChI=1S/C16H17Br2NO4S/c1-19(10-11-8-14(17)16(23-3)15(18)9-11)24(20,21)13-6-4-12(22-2)5-7-13/h4-9H,10H2,1-3H3. The number of ether oxygens (including phenoxy) is 2. The van der Waals surface area contributed by atoms with Crippen LogP contribution in [0.2, 0.25) is 0 Å². The maximum atomic E-state index is 12.7. The average Bonchev–Trinajstić information content (AvgIpc) is 2.54. The Morgan fingerprint density at radius 1 is 1.00 bits per heavy atom. The van der Waals surface area contributed by atoms with Crippen molar-refractivity contribution in [3.63, 3.8) is 0 Å². The van der Waals surface area contributed by atoms with E-state index in [0.29, 0.717) is 11.5 Å². The van der Waals surface area contributed by atoms with Gasteiger partial charge >= 0.3 is 0 Å². The predicted molar refractivity (Wildman–Crippen MR) is 100 cm³/mol. The molecule has 0 aromatic heterocycles. The van der Waals surface area contributed by atoms with E-state index in [0.717, 1.165) is 14.5 Å². The molecule has 24 heavy (non-hydrogen) atoms. The SMILES string of the molecule is COc1ccc(S(=O)(=O)N(C)Cc2cc(Br)c(OC)c(Br)c2)cc1. The van der Waals surface area contributed by atoms with Gasteiger partial charge in [-0.3, -0.25) is 0 Å². The minimum Gasteiger partial charge on any atom is -0.497 e. The quantitative estimate of drug-likeness (QED) is 0.628. The Morgan fingerprint density at radius 3 is 2.00 bits per heavy atom. The first-order valence-electron chi connectivity index (χ1n) is 6.92. The van der Waals surface area contributed by atoms with Crippen LogP contribution in [0.4, 0.5) is 0 Å². The lowest BCUT2D eigenvalue weighted by Gasteiger charge is -2.18. The van der Waals surface area contributed by atoms with Crippen molar-refractivity contribution >= 4 is 41.9 Å². The summed E-state index contributed by atoms with van der Waals surface area (Å²) in [5, 5.41) is 0. The second-order valence-corrected chi connectivity index (χ2v) is 8.78. The molecule has 8 heteroatoms. The molecule has 2 aromatic rings. The monoisotopic (exact) mass is 477 g/mol. The Hall–Kier alpha value is -1.09. The van der Waals surface area contributed by atoms with Crippen molar-refractivity contribution in [1.82, 2.24) is 4.31 Å². The van der Waals surface area contributed by atoms with Crippen LogP contribution in [-0.4, -0.2) is 34.0 Å². The molecule has 130 valence electrons. The number of methoxy groups -OCH3 is 2. The van der Waals surface area contributed by atoms with E-state index in [4.69, 9.17) is 9.47 Å². The molecule has 0 bridgehead atoms. The topological polar surface area (TPSA) is 55.8 Å². The second kappa shape index (κ2) is 7.86. The van der Waals surface area contributed by atoms with Crippen molar-refractivity contribution in [2.24, 2.45) is 0 Å². The molecule has 0 aliphatic carbocycles. The number of halogens is 2. The zero-order valence-corrected chi connectivity index (χ0v) is 17.4. The smallest absolute Gasteiger partial charge is 0.243 e. The van der Waals surface area contributed by atoms with Gasteiger partial charge in [0.1, 0.15) is 11.5 Å². The van der Waals surface area contributed by atoms with Crippen LogP contribution in [0.25, 0.3) is 0 Å². The third-order valence-corrected chi connectivity index (χ3v) is 6.43. The molecule has 0 aliphatic heterocycles. The highest BCUT2D eigenvalue weighted by molar-refractivity contribution is 9.11. The molecule has 2 rings (SSSR count). The largest absolute Gasteiger partial charge is 0.497 e. The molecule has 0 unspecified atom stereocenters. The lowest BCUT2D eigenvalue weighted by Crippen LogP contribution is -2.26. The van der Waals surface area contributed by atoms with Crippen molar-refractivity contribution in [3.05, 3.63) is 50.9 Å². The van der Waals surface area contributed by atoms with Crippen LogP contribution in [0, 0.1) is 0 Å². The molecule has 0 N–H and O–H groups in total. The fourth-order valence-corrected chi connectivity index (χ4v) is 4.93. The first kappa shape index (κ1) is 19.2. The van der Waals surface area contributed by atoms with E-state index in [-0.39, 0.29) is 11.4 Å². The maximum Gasteiger partial charge on any atom is 0.243 e. The van der Waals surface area contributed by atoms with E-state index < -0.39 is 10.0 Å². The zero-order chi connectivity index (χ0) is 17.9. The number of nitrogens with zero attached hydrogens (tertiary/aromatic N) is 1. The van der Waals surface area contributed by atoms with E-state index in [9.17, 15) is 8.42 Å². The molecule has 0 aliphatic rings. The molecule has 5 nitrogen and oxygen atoms in total. The number of sulfonamides is 1. The maximum absolute atomic E-state index is 12.7. The molecule has 0 saturated carbocycles. The molecule has 0 radical (unpaired) electrons. The lowest BCUT2D eigenvalue weighted by atomic mass is 10.2. The van der Waals surface area contributed by atoms with Crippen LogP contribution < -0.4 is 9.47 Å². The summed E-state index contributed by atoms with van der Waals surface area (Å²) in [6.07, 6.45) is 0. The summed E-state index contributed by atoms with van der Waals surface area (Å²) >= 11 is 6.84. The summed E-state index contributed by atoms with van der Waals surface area (Å²) in [7, 11) is 1.07. The van der Waals surface area contributed by atoms with Gasteiger partial charge in [-0.15, -0.1) is 0 Å². The summed E-state index contributed by atoms with van der Waals surface area (Å²) in [6, 6.07) is 9.99. The van der Waals surface area contributed by atoms with Crippen molar-refractivity contribution in [3.8, 4) is 11.5 Å². The van der Waals surface area contributed by atoms with Crippen molar-refractivity contribution in [2.75, 3.05) is 21.3 Å². The van der Waals surface area contributed by atoms with Crippen molar-refractivity contribution < 1.29 is 17.9 Å². The summed E-state index contributed by atoms with van der Waals surface area (Å²) in [4.78, 5) is 0.220. The molecule has 0 atom stereocenters. The van der Waals surface area contributed by atoms with Crippen LogP contribution in [0.1, 0.15) is 5.56 Å². The van der Waals surface area contributed by atoms with Gasteiger partial charge < -0.3 is 9.47 Å². The molecule has 2 aromatic carbocycles. The molecular formula is C16H17Br2NO4S. The van der Waals surface area contributed by atoms with Crippen LogP contribution >= 0.6 is 31.9 Å². The highest BCUT2D eigenvalue weighted by Gasteiger charge is 2.21. The highest BCUT2D eigenvalue weighted by atomic mass is 79.9. The molecule has 0 spiro atoms. The highest BCUT2D eigenvalue weighted by Crippen LogP contribution is 2.35. The third kappa shape index (κ3) is 4.11. The minimum absolute atomic E-state index is 0.220. The van der Waals surface area contributed by atoms with Crippen LogP contribution in [0.5, 0.6) is 11.5 Å². The van der Waals surface area contributed by atoms with E-state index in [1.165, 1.54) is 23.5 Å². The second-order valence-electron chi connectivity index (χ2n) is 5.03. The molecule has 0 fully saturated rings. The number of hydrogen-bond acceptors (Lipinski definition) is 4. The van der Waals surface area contributed by atoms with Crippen LogP contribution in [-0.2, 0) is 16.6 Å². The number of hydrogen-bond donors (Lipinski definition) is 0. The van der Waals surface area contributed by atoms with Crippen LogP contribution in [0.15, 0.2) is 50.2 Å². The Labute approximate surface area is 158 Å². The van der Waals surface area contributed by atoms with E-state index >= 15 is 0 Å².